The van der Waals surface area contributed by atoms with Crippen molar-refractivity contribution >= 4 is 18.3 Å². The second-order valence-corrected chi connectivity index (χ2v) is 5.31. The van der Waals surface area contributed by atoms with Gasteiger partial charge < -0.3 is 15.4 Å². The molecule has 1 amide bonds. The molecular formula is C15H22ClFN2O2. The molecule has 2 unspecified atom stereocenters. The highest BCUT2D eigenvalue weighted by atomic mass is 35.5. The van der Waals surface area contributed by atoms with E-state index in [-0.39, 0.29) is 41.9 Å². The van der Waals surface area contributed by atoms with Crippen LogP contribution in [0, 0.1) is 17.7 Å². The van der Waals surface area contributed by atoms with Gasteiger partial charge in [0.05, 0.1) is 6.54 Å². The highest BCUT2D eigenvalue weighted by Crippen LogP contribution is 2.17. The van der Waals surface area contributed by atoms with E-state index in [4.69, 9.17) is 4.74 Å². The monoisotopic (exact) mass is 316 g/mol. The van der Waals surface area contributed by atoms with Crippen LogP contribution in [0.1, 0.15) is 13.8 Å². The number of nitrogens with one attached hydrogen (secondary N) is 2. The number of amides is 1. The lowest BCUT2D eigenvalue weighted by atomic mass is 9.88. The number of rotatable bonds is 6. The standard InChI is InChI=1S/C15H21FN2O2.ClH/c1-10(20-14-6-4-3-5-13(14)16)7-18-15(19)11(2)12-8-17-9-12;/h3-6,10-12,17H,7-9H2,1-2H3,(H,18,19);1H. The van der Waals surface area contributed by atoms with Crippen molar-refractivity contribution in [2.24, 2.45) is 11.8 Å². The van der Waals surface area contributed by atoms with Crippen LogP contribution >= 0.6 is 12.4 Å². The molecule has 0 saturated carbocycles. The number of carbonyl (C=O) groups excluding carboxylic acids is 1. The summed E-state index contributed by atoms with van der Waals surface area (Å²) in [5, 5.41) is 6.01. The number of halogens is 2. The van der Waals surface area contributed by atoms with Crippen LogP contribution in [0.2, 0.25) is 0 Å². The van der Waals surface area contributed by atoms with Crippen molar-refractivity contribution in [3.05, 3.63) is 30.1 Å². The van der Waals surface area contributed by atoms with Crippen LogP contribution in [0.25, 0.3) is 0 Å². The van der Waals surface area contributed by atoms with Crippen LogP contribution in [0.15, 0.2) is 24.3 Å². The van der Waals surface area contributed by atoms with E-state index in [2.05, 4.69) is 10.6 Å². The average molecular weight is 317 g/mol. The molecular weight excluding hydrogens is 295 g/mol. The van der Waals surface area contributed by atoms with Crippen LogP contribution in [0.4, 0.5) is 4.39 Å². The molecule has 2 rings (SSSR count). The molecule has 1 aromatic carbocycles. The zero-order chi connectivity index (χ0) is 14.5. The predicted molar refractivity (Wildman–Crippen MR) is 82.3 cm³/mol. The molecule has 0 radical (unpaired) electrons. The van der Waals surface area contributed by atoms with Crippen molar-refractivity contribution in [3.8, 4) is 5.75 Å². The van der Waals surface area contributed by atoms with Crippen molar-refractivity contribution in [1.82, 2.24) is 10.6 Å². The average Bonchev–Trinajstić information content (AvgIpc) is 2.36. The van der Waals surface area contributed by atoms with Gasteiger partial charge in [0.25, 0.3) is 0 Å². The van der Waals surface area contributed by atoms with E-state index in [0.29, 0.717) is 12.5 Å². The maximum Gasteiger partial charge on any atom is 0.223 e. The Balaban J connectivity index is 0.00000220. The SMILES string of the molecule is CC(CNC(=O)C(C)C1CNC1)Oc1ccccc1F.Cl. The Morgan fingerprint density at radius 3 is 2.67 bits per heavy atom. The minimum atomic E-state index is -0.389. The summed E-state index contributed by atoms with van der Waals surface area (Å²) < 4.78 is 18.9. The fourth-order valence-electron chi connectivity index (χ4n) is 2.08. The Kier molecular flexibility index (Phi) is 6.92. The van der Waals surface area contributed by atoms with E-state index >= 15 is 0 Å². The highest BCUT2D eigenvalue weighted by molar-refractivity contribution is 5.85. The Labute approximate surface area is 130 Å². The maximum absolute atomic E-state index is 13.4. The van der Waals surface area contributed by atoms with Gasteiger partial charge in [0.1, 0.15) is 6.10 Å². The number of hydrogen-bond donors (Lipinski definition) is 2. The summed E-state index contributed by atoms with van der Waals surface area (Å²) in [5.41, 5.74) is 0. The van der Waals surface area contributed by atoms with Gasteiger partial charge in [-0.05, 0) is 38.1 Å². The van der Waals surface area contributed by atoms with Crippen molar-refractivity contribution in [1.29, 1.82) is 0 Å². The third kappa shape index (κ3) is 4.86. The second kappa shape index (κ2) is 8.20. The Morgan fingerprint density at radius 1 is 1.43 bits per heavy atom. The molecule has 4 nitrogen and oxygen atoms in total. The van der Waals surface area contributed by atoms with E-state index in [0.717, 1.165) is 13.1 Å². The summed E-state index contributed by atoms with van der Waals surface area (Å²) in [5.74, 6) is 0.264. The van der Waals surface area contributed by atoms with Gasteiger partial charge in [-0.25, -0.2) is 4.39 Å². The first-order chi connectivity index (χ1) is 9.58. The summed E-state index contributed by atoms with van der Waals surface area (Å²) in [6.45, 7) is 5.91. The van der Waals surface area contributed by atoms with E-state index in [9.17, 15) is 9.18 Å². The number of benzene rings is 1. The first-order valence-electron chi connectivity index (χ1n) is 6.97. The molecule has 1 aliphatic heterocycles. The van der Waals surface area contributed by atoms with E-state index in [1.807, 2.05) is 13.8 Å². The Bertz CT molecular complexity index is 469. The van der Waals surface area contributed by atoms with E-state index in [1.165, 1.54) is 6.07 Å². The van der Waals surface area contributed by atoms with E-state index < -0.39 is 0 Å². The molecule has 1 saturated heterocycles. The normalized spacial score (nSPS) is 17.1. The zero-order valence-corrected chi connectivity index (χ0v) is 13.1. The van der Waals surface area contributed by atoms with Gasteiger partial charge in [-0.15, -0.1) is 12.4 Å². The van der Waals surface area contributed by atoms with Crippen molar-refractivity contribution < 1.29 is 13.9 Å². The topological polar surface area (TPSA) is 50.4 Å². The van der Waals surface area contributed by atoms with Crippen LogP contribution in [0.3, 0.4) is 0 Å². The Morgan fingerprint density at radius 2 is 2.10 bits per heavy atom. The molecule has 1 fully saturated rings. The smallest absolute Gasteiger partial charge is 0.223 e. The number of hydrogen-bond acceptors (Lipinski definition) is 3. The molecule has 1 heterocycles. The molecule has 0 spiro atoms. The first kappa shape index (κ1) is 17.7. The molecule has 2 atom stereocenters. The number of ether oxygens (including phenoxy) is 1. The fourth-order valence-corrected chi connectivity index (χ4v) is 2.08. The van der Waals surface area contributed by atoms with Crippen LogP contribution in [-0.2, 0) is 4.79 Å². The molecule has 1 aromatic rings. The van der Waals surface area contributed by atoms with Gasteiger partial charge in [-0.3, -0.25) is 4.79 Å². The van der Waals surface area contributed by atoms with Crippen molar-refractivity contribution in [2.75, 3.05) is 19.6 Å². The molecule has 0 aromatic heterocycles. The lowest BCUT2D eigenvalue weighted by molar-refractivity contribution is -0.127. The van der Waals surface area contributed by atoms with Crippen molar-refractivity contribution in [2.45, 2.75) is 20.0 Å². The van der Waals surface area contributed by atoms with E-state index in [1.54, 1.807) is 18.2 Å². The minimum absolute atomic E-state index is 0. The van der Waals surface area contributed by atoms with Gasteiger partial charge in [-0.2, -0.15) is 0 Å². The molecule has 0 aliphatic carbocycles. The second-order valence-electron chi connectivity index (χ2n) is 5.31. The maximum atomic E-state index is 13.4. The lowest BCUT2D eigenvalue weighted by Crippen LogP contribution is -2.50. The molecule has 6 heteroatoms. The lowest BCUT2D eigenvalue weighted by Gasteiger charge is -2.32. The van der Waals surface area contributed by atoms with Gasteiger partial charge in [0.2, 0.25) is 5.91 Å². The fraction of sp³-hybridized carbons (Fsp3) is 0.533. The quantitative estimate of drug-likeness (QED) is 0.844. The summed E-state index contributed by atoms with van der Waals surface area (Å²) in [6.07, 6.45) is -0.275. The van der Waals surface area contributed by atoms with Gasteiger partial charge in [0, 0.05) is 5.92 Å². The summed E-state index contributed by atoms with van der Waals surface area (Å²) in [6, 6.07) is 6.26. The van der Waals surface area contributed by atoms with Gasteiger partial charge >= 0.3 is 0 Å². The Hall–Kier alpha value is -1.33. The van der Waals surface area contributed by atoms with Crippen LogP contribution < -0.4 is 15.4 Å². The minimum Gasteiger partial charge on any atom is -0.486 e. The molecule has 0 bridgehead atoms. The number of carbonyl (C=O) groups is 1. The first-order valence-corrected chi connectivity index (χ1v) is 6.97. The van der Waals surface area contributed by atoms with Gasteiger partial charge in [-0.1, -0.05) is 19.1 Å². The van der Waals surface area contributed by atoms with Crippen LogP contribution in [-0.4, -0.2) is 31.6 Å². The molecule has 2 N–H and O–H groups in total. The third-order valence-electron chi connectivity index (χ3n) is 3.66. The molecule has 1 aliphatic rings. The summed E-state index contributed by atoms with van der Waals surface area (Å²) in [4.78, 5) is 11.9. The van der Waals surface area contributed by atoms with Crippen LogP contribution in [0.5, 0.6) is 5.75 Å². The number of para-hydroxylation sites is 1. The molecule has 118 valence electrons. The van der Waals surface area contributed by atoms with Crippen molar-refractivity contribution in [3.63, 3.8) is 0 Å². The summed E-state index contributed by atoms with van der Waals surface area (Å²) >= 11 is 0. The molecule has 21 heavy (non-hydrogen) atoms. The predicted octanol–water partition coefficient (Wildman–Crippen LogP) is 1.99. The zero-order valence-electron chi connectivity index (χ0n) is 12.3. The van der Waals surface area contributed by atoms with Gasteiger partial charge in [0.15, 0.2) is 11.6 Å². The summed E-state index contributed by atoms with van der Waals surface area (Å²) in [7, 11) is 0. The largest absolute Gasteiger partial charge is 0.486 e. The highest BCUT2D eigenvalue weighted by Gasteiger charge is 2.28. The third-order valence-corrected chi connectivity index (χ3v) is 3.66.